The van der Waals surface area contributed by atoms with Crippen molar-refractivity contribution in [2.24, 2.45) is 0 Å². The molecule has 5 rings (SSSR count). The fourth-order valence-corrected chi connectivity index (χ4v) is 4.41. The molecule has 0 N–H and O–H groups in total. The standard InChI is InChI=1S/C21H13FN2S/c1-12-19-16(10-13-6-2-4-8-15(13)20(19)22)21(24-23-12)18-11-14-7-3-5-9-17(14)25-18/h2-11H,1H3. The largest absolute Gasteiger partial charge is 0.206 e. The Hall–Kier alpha value is -2.85. The molecule has 0 aliphatic carbocycles. The highest BCUT2D eigenvalue weighted by atomic mass is 32.1. The third-order valence-corrected chi connectivity index (χ3v) is 5.68. The molecule has 2 heterocycles. The van der Waals surface area contributed by atoms with Crippen molar-refractivity contribution in [3.63, 3.8) is 0 Å². The smallest absolute Gasteiger partial charge is 0.140 e. The number of hydrogen-bond donors (Lipinski definition) is 0. The molecule has 25 heavy (non-hydrogen) atoms. The Balaban J connectivity index is 1.91. The van der Waals surface area contributed by atoms with Crippen molar-refractivity contribution < 1.29 is 4.39 Å². The van der Waals surface area contributed by atoms with Gasteiger partial charge in [-0.1, -0.05) is 42.5 Å². The van der Waals surface area contributed by atoms with Gasteiger partial charge in [0, 0.05) is 20.9 Å². The number of rotatable bonds is 1. The molecule has 0 unspecified atom stereocenters. The molecule has 0 aliphatic heterocycles. The van der Waals surface area contributed by atoms with Gasteiger partial charge in [-0.05, 0) is 35.9 Å². The van der Waals surface area contributed by atoms with Crippen LogP contribution in [0.25, 0.3) is 42.2 Å². The third-order valence-electron chi connectivity index (χ3n) is 4.56. The maximum absolute atomic E-state index is 15.2. The summed E-state index contributed by atoms with van der Waals surface area (Å²) >= 11 is 1.66. The highest BCUT2D eigenvalue weighted by Gasteiger charge is 2.17. The molecule has 0 saturated heterocycles. The van der Waals surface area contributed by atoms with Gasteiger partial charge in [-0.2, -0.15) is 5.10 Å². The SMILES string of the molecule is Cc1nnc(-c2cc3ccccc3s2)c2cc3ccccc3c(F)c12. The minimum atomic E-state index is -0.220. The van der Waals surface area contributed by atoms with Gasteiger partial charge in [0.05, 0.1) is 10.6 Å². The number of thiophene rings is 1. The van der Waals surface area contributed by atoms with E-state index in [0.717, 1.165) is 21.3 Å². The molecule has 0 fully saturated rings. The zero-order valence-electron chi connectivity index (χ0n) is 13.5. The lowest BCUT2D eigenvalue weighted by Crippen LogP contribution is -1.96. The Kier molecular flexibility index (Phi) is 3.09. The fraction of sp³-hybridized carbons (Fsp3) is 0.0476. The summed E-state index contributed by atoms with van der Waals surface area (Å²) < 4.78 is 16.4. The molecule has 0 spiro atoms. The second-order valence-corrected chi connectivity index (χ2v) is 7.20. The molecule has 0 radical (unpaired) electrons. The lowest BCUT2D eigenvalue weighted by atomic mass is 10.0. The molecule has 120 valence electrons. The van der Waals surface area contributed by atoms with Gasteiger partial charge in [-0.3, -0.25) is 0 Å². The zero-order valence-corrected chi connectivity index (χ0v) is 14.3. The van der Waals surface area contributed by atoms with Crippen LogP contribution in [0.15, 0.2) is 60.7 Å². The molecule has 4 heteroatoms. The lowest BCUT2D eigenvalue weighted by molar-refractivity contribution is 0.650. The first-order valence-electron chi connectivity index (χ1n) is 8.05. The Morgan fingerprint density at radius 2 is 1.60 bits per heavy atom. The van der Waals surface area contributed by atoms with Crippen molar-refractivity contribution in [2.75, 3.05) is 0 Å². The highest BCUT2D eigenvalue weighted by molar-refractivity contribution is 7.22. The Labute approximate surface area is 147 Å². The molecule has 0 saturated carbocycles. The van der Waals surface area contributed by atoms with E-state index in [2.05, 4.69) is 28.4 Å². The van der Waals surface area contributed by atoms with Crippen LogP contribution in [0, 0.1) is 12.7 Å². The molecular formula is C21H13FN2S. The van der Waals surface area contributed by atoms with E-state index in [1.54, 1.807) is 11.3 Å². The molecule has 2 aromatic heterocycles. The van der Waals surface area contributed by atoms with Crippen LogP contribution in [-0.4, -0.2) is 10.2 Å². The Morgan fingerprint density at radius 3 is 2.44 bits per heavy atom. The second kappa shape index (κ2) is 5.33. The maximum Gasteiger partial charge on any atom is 0.140 e. The number of aryl methyl sites for hydroxylation is 1. The van der Waals surface area contributed by atoms with Crippen molar-refractivity contribution in [3.8, 4) is 10.6 Å². The second-order valence-electron chi connectivity index (χ2n) is 6.12. The van der Waals surface area contributed by atoms with Crippen LogP contribution in [0.4, 0.5) is 4.39 Å². The van der Waals surface area contributed by atoms with Gasteiger partial charge in [0.15, 0.2) is 0 Å². The number of nitrogens with zero attached hydrogens (tertiary/aromatic N) is 2. The molecule has 0 atom stereocenters. The Bertz CT molecular complexity index is 1240. The summed E-state index contributed by atoms with van der Waals surface area (Å²) in [5.41, 5.74) is 1.36. The summed E-state index contributed by atoms with van der Waals surface area (Å²) in [7, 11) is 0. The average molecular weight is 344 g/mol. The topological polar surface area (TPSA) is 25.8 Å². The molecule has 2 nitrogen and oxygen atoms in total. The van der Waals surface area contributed by atoms with Crippen molar-refractivity contribution in [1.29, 1.82) is 0 Å². The number of aromatic nitrogens is 2. The van der Waals surface area contributed by atoms with Gasteiger partial charge in [0.2, 0.25) is 0 Å². The zero-order chi connectivity index (χ0) is 17.0. The first-order chi connectivity index (χ1) is 12.2. The number of hydrogen-bond acceptors (Lipinski definition) is 3. The Morgan fingerprint density at radius 1 is 0.840 bits per heavy atom. The number of fused-ring (bicyclic) bond motifs is 3. The number of halogens is 1. The minimum absolute atomic E-state index is 0.220. The summed E-state index contributed by atoms with van der Waals surface area (Å²) in [6, 6.07) is 19.9. The van der Waals surface area contributed by atoms with Crippen molar-refractivity contribution >= 4 is 43.0 Å². The molecule has 5 aromatic rings. The summed E-state index contributed by atoms with van der Waals surface area (Å²) in [6.45, 7) is 1.81. The normalized spacial score (nSPS) is 11.6. The van der Waals surface area contributed by atoms with E-state index in [1.165, 1.54) is 10.1 Å². The van der Waals surface area contributed by atoms with Crippen molar-refractivity contribution in [3.05, 3.63) is 72.2 Å². The van der Waals surface area contributed by atoms with Gasteiger partial charge < -0.3 is 0 Å². The quantitative estimate of drug-likeness (QED) is 0.343. The van der Waals surface area contributed by atoms with E-state index >= 15 is 4.39 Å². The molecule has 0 amide bonds. The molecular weight excluding hydrogens is 331 g/mol. The molecule has 3 aromatic carbocycles. The third kappa shape index (κ3) is 2.14. The van der Waals surface area contributed by atoms with E-state index < -0.39 is 0 Å². The van der Waals surface area contributed by atoms with Crippen LogP contribution in [0.5, 0.6) is 0 Å². The summed E-state index contributed by atoms with van der Waals surface area (Å²) in [5.74, 6) is -0.220. The summed E-state index contributed by atoms with van der Waals surface area (Å²) in [5, 5.41) is 12.7. The molecule has 0 aliphatic rings. The van der Waals surface area contributed by atoms with Crippen LogP contribution >= 0.6 is 11.3 Å². The van der Waals surface area contributed by atoms with E-state index in [4.69, 9.17) is 0 Å². The monoisotopic (exact) mass is 344 g/mol. The van der Waals surface area contributed by atoms with Gasteiger partial charge in [-0.15, -0.1) is 16.4 Å². The summed E-state index contributed by atoms with van der Waals surface area (Å²) in [6.07, 6.45) is 0. The predicted octanol–water partition coefficient (Wildman–Crippen LogP) is 6.11. The highest BCUT2D eigenvalue weighted by Crippen LogP contribution is 2.38. The van der Waals surface area contributed by atoms with Crippen molar-refractivity contribution in [2.45, 2.75) is 6.92 Å². The minimum Gasteiger partial charge on any atom is -0.206 e. The molecule has 0 bridgehead atoms. The first kappa shape index (κ1) is 14.5. The van der Waals surface area contributed by atoms with Gasteiger partial charge in [-0.25, -0.2) is 4.39 Å². The van der Waals surface area contributed by atoms with E-state index in [1.807, 2.05) is 49.4 Å². The van der Waals surface area contributed by atoms with Crippen molar-refractivity contribution in [1.82, 2.24) is 10.2 Å². The van der Waals surface area contributed by atoms with Gasteiger partial charge in [0.1, 0.15) is 11.5 Å². The van der Waals surface area contributed by atoms with Crippen LogP contribution in [0.3, 0.4) is 0 Å². The van der Waals surface area contributed by atoms with Crippen LogP contribution < -0.4 is 0 Å². The van der Waals surface area contributed by atoms with Crippen LogP contribution in [0.2, 0.25) is 0 Å². The average Bonchev–Trinajstić information content (AvgIpc) is 3.06. The maximum atomic E-state index is 15.2. The van der Waals surface area contributed by atoms with Crippen LogP contribution in [-0.2, 0) is 0 Å². The van der Waals surface area contributed by atoms with E-state index in [-0.39, 0.29) is 5.82 Å². The van der Waals surface area contributed by atoms with Gasteiger partial charge in [0.25, 0.3) is 0 Å². The van der Waals surface area contributed by atoms with Crippen LogP contribution in [0.1, 0.15) is 5.69 Å². The van der Waals surface area contributed by atoms with E-state index in [0.29, 0.717) is 16.5 Å². The van der Waals surface area contributed by atoms with Gasteiger partial charge >= 0.3 is 0 Å². The fourth-order valence-electron chi connectivity index (χ4n) is 3.35. The predicted molar refractivity (Wildman–Crippen MR) is 103 cm³/mol. The summed E-state index contributed by atoms with van der Waals surface area (Å²) in [4.78, 5) is 1.01. The number of benzene rings is 3. The lowest BCUT2D eigenvalue weighted by Gasteiger charge is -2.09. The van der Waals surface area contributed by atoms with E-state index in [9.17, 15) is 0 Å². The first-order valence-corrected chi connectivity index (χ1v) is 8.87.